The number of ketones is 1. The minimum Gasteiger partial charge on any atom is -0.341 e. The number of piperidine rings is 1. The van der Waals surface area contributed by atoms with Crippen LogP contribution in [0.25, 0.3) is 0 Å². The molecule has 3 rings (SSSR count). The Bertz CT molecular complexity index is 714. The molecule has 0 bridgehead atoms. The van der Waals surface area contributed by atoms with Crippen molar-refractivity contribution >= 4 is 34.9 Å². The lowest BCUT2D eigenvalue weighted by atomic mass is 9.78. The average molecular weight is 371 g/mol. The monoisotopic (exact) mass is 370 g/mol. The van der Waals surface area contributed by atoms with Crippen LogP contribution in [0.15, 0.2) is 12.1 Å². The van der Waals surface area contributed by atoms with Crippen molar-refractivity contribution < 1.29 is 14.4 Å². The highest BCUT2D eigenvalue weighted by Gasteiger charge is 2.63. The van der Waals surface area contributed by atoms with Gasteiger partial charge in [0.25, 0.3) is 5.91 Å². The van der Waals surface area contributed by atoms with Crippen molar-refractivity contribution in [3.63, 3.8) is 0 Å². The summed E-state index contributed by atoms with van der Waals surface area (Å²) in [6.45, 7) is 4.74. The Morgan fingerprint density at radius 3 is 2.42 bits per heavy atom. The van der Waals surface area contributed by atoms with E-state index in [1.54, 1.807) is 31.2 Å². The molecule has 1 aromatic rings. The van der Waals surface area contributed by atoms with Gasteiger partial charge in [-0.25, -0.2) is 0 Å². The summed E-state index contributed by atoms with van der Waals surface area (Å²) in [5.74, 6) is -0.751. The molecule has 130 valence electrons. The summed E-state index contributed by atoms with van der Waals surface area (Å²) in [6, 6.07) is 3.54. The molecule has 1 amide bonds. The van der Waals surface area contributed by atoms with Gasteiger partial charge >= 0.3 is 0 Å². The Balaban J connectivity index is 2.05. The summed E-state index contributed by atoms with van der Waals surface area (Å²) in [7, 11) is 1.59. The van der Waals surface area contributed by atoms with Gasteiger partial charge < -0.3 is 10.2 Å². The standard InChI is InChI=1S/C17H20Cl2N2O3/c1-10-4-5-12(18)11(2)13(10)17(19)14(22)16(20-15(17)23)6-8-21(24-3)9-7-16/h4-5H,6-9H2,1-3H3,(H,20,23). The minimum absolute atomic E-state index is 0.286. The van der Waals surface area contributed by atoms with E-state index in [2.05, 4.69) is 5.32 Å². The van der Waals surface area contributed by atoms with Gasteiger partial charge in [-0.1, -0.05) is 29.3 Å². The van der Waals surface area contributed by atoms with Gasteiger partial charge in [-0.05, 0) is 49.4 Å². The maximum Gasteiger partial charge on any atom is 0.254 e. The number of nitrogens with zero attached hydrogens (tertiary/aromatic N) is 1. The zero-order valence-electron chi connectivity index (χ0n) is 13.9. The third-order valence-corrected chi connectivity index (χ3v) is 6.14. The fourth-order valence-corrected chi connectivity index (χ4v) is 4.45. The number of alkyl halides is 1. The fourth-order valence-electron chi connectivity index (χ4n) is 3.77. The zero-order chi connectivity index (χ0) is 17.7. The van der Waals surface area contributed by atoms with Gasteiger partial charge in [0, 0.05) is 18.1 Å². The van der Waals surface area contributed by atoms with Crippen molar-refractivity contribution in [1.29, 1.82) is 0 Å². The van der Waals surface area contributed by atoms with E-state index in [0.29, 0.717) is 42.1 Å². The maximum atomic E-state index is 13.3. The number of nitrogens with one attached hydrogen (secondary N) is 1. The summed E-state index contributed by atoms with van der Waals surface area (Å²) >= 11 is 12.9. The third-order valence-electron chi connectivity index (χ3n) is 5.20. The topological polar surface area (TPSA) is 58.6 Å². The van der Waals surface area contributed by atoms with Crippen molar-refractivity contribution in [2.45, 2.75) is 37.1 Å². The van der Waals surface area contributed by atoms with Crippen molar-refractivity contribution in [3.05, 3.63) is 33.8 Å². The quantitative estimate of drug-likeness (QED) is 0.641. The van der Waals surface area contributed by atoms with Gasteiger partial charge in [0.05, 0.1) is 7.11 Å². The van der Waals surface area contributed by atoms with Crippen LogP contribution in [0.4, 0.5) is 0 Å². The van der Waals surface area contributed by atoms with Gasteiger partial charge in [-0.3, -0.25) is 9.59 Å². The van der Waals surface area contributed by atoms with Crippen molar-refractivity contribution in [1.82, 2.24) is 10.4 Å². The number of hydroxylamine groups is 2. The number of carbonyl (C=O) groups is 2. The first kappa shape index (κ1) is 17.7. The van der Waals surface area contributed by atoms with E-state index in [1.165, 1.54) is 0 Å². The minimum atomic E-state index is -1.73. The predicted octanol–water partition coefficient (Wildman–Crippen LogP) is 2.49. The predicted molar refractivity (Wildman–Crippen MR) is 92.2 cm³/mol. The number of Topliss-reactive ketones (excluding diaryl/α,β-unsaturated/α-hetero) is 1. The molecule has 5 nitrogen and oxygen atoms in total. The first-order chi connectivity index (χ1) is 11.3. The van der Waals surface area contributed by atoms with Crippen molar-refractivity contribution in [2.75, 3.05) is 20.2 Å². The first-order valence-corrected chi connectivity index (χ1v) is 8.63. The Kier molecular flexibility index (Phi) is 4.41. The van der Waals surface area contributed by atoms with Gasteiger partial charge in [-0.15, -0.1) is 0 Å². The molecule has 1 spiro atoms. The molecule has 2 saturated heterocycles. The number of hydrogen-bond acceptors (Lipinski definition) is 4. The molecule has 0 aliphatic carbocycles. The SMILES string of the molecule is CON1CCC2(CC1)NC(=O)C(Cl)(c1c(C)ccc(Cl)c1C)C2=O. The average Bonchev–Trinajstić information content (AvgIpc) is 2.74. The van der Waals surface area contributed by atoms with Crippen LogP contribution < -0.4 is 5.32 Å². The van der Waals surface area contributed by atoms with Crippen molar-refractivity contribution in [3.8, 4) is 0 Å². The van der Waals surface area contributed by atoms with E-state index < -0.39 is 16.3 Å². The van der Waals surface area contributed by atoms with Crippen LogP contribution in [0.1, 0.15) is 29.5 Å². The Morgan fingerprint density at radius 2 is 1.83 bits per heavy atom. The molecule has 2 aliphatic rings. The summed E-state index contributed by atoms with van der Waals surface area (Å²) in [6.07, 6.45) is 0.942. The van der Waals surface area contributed by atoms with Crippen LogP contribution in [0.2, 0.25) is 5.02 Å². The van der Waals surface area contributed by atoms with Gasteiger partial charge in [0.1, 0.15) is 5.54 Å². The molecular weight excluding hydrogens is 351 g/mol. The molecule has 1 atom stereocenters. The normalized spacial score (nSPS) is 26.9. The van der Waals surface area contributed by atoms with Gasteiger partial charge in [-0.2, -0.15) is 5.06 Å². The largest absolute Gasteiger partial charge is 0.341 e. The second-order valence-electron chi connectivity index (χ2n) is 6.50. The summed E-state index contributed by atoms with van der Waals surface area (Å²) < 4.78 is 0. The van der Waals surface area contributed by atoms with E-state index in [-0.39, 0.29) is 5.78 Å². The summed E-state index contributed by atoms with van der Waals surface area (Å²) in [4.78, 5) is 29.6. The highest BCUT2D eigenvalue weighted by Crippen LogP contribution is 2.46. The first-order valence-electron chi connectivity index (χ1n) is 7.88. The number of benzene rings is 1. The summed E-state index contributed by atoms with van der Waals surface area (Å²) in [5, 5.41) is 5.15. The number of carbonyl (C=O) groups excluding carboxylic acids is 2. The Morgan fingerprint density at radius 1 is 1.21 bits per heavy atom. The van der Waals surface area contributed by atoms with Crippen LogP contribution in [0.3, 0.4) is 0 Å². The molecule has 2 aliphatic heterocycles. The molecule has 0 saturated carbocycles. The smallest absolute Gasteiger partial charge is 0.254 e. The van der Waals surface area contributed by atoms with E-state index in [1.807, 2.05) is 6.92 Å². The number of aryl methyl sites for hydroxylation is 1. The molecule has 1 aromatic carbocycles. The van der Waals surface area contributed by atoms with E-state index >= 15 is 0 Å². The van der Waals surface area contributed by atoms with E-state index in [4.69, 9.17) is 28.0 Å². The lowest BCUT2D eigenvalue weighted by Gasteiger charge is -2.37. The van der Waals surface area contributed by atoms with Crippen LogP contribution in [0, 0.1) is 13.8 Å². The summed E-state index contributed by atoms with van der Waals surface area (Å²) in [5.41, 5.74) is 1.02. The fraction of sp³-hybridized carbons (Fsp3) is 0.529. The highest BCUT2D eigenvalue weighted by atomic mass is 35.5. The third kappa shape index (κ3) is 2.37. The van der Waals surface area contributed by atoms with Gasteiger partial charge in [0.15, 0.2) is 5.78 Å². The number of amides is 1. The number of rotatable bonds is 2. The van der Waals surface area contributed by atoms with Crippen LogP contribution >= 0.6 is 23.2 Å². The van der Waals surface area contributed by atoms with Crippen LogP contribution in [0.5, 0.6) is 0 Å². The zero-order valence-corrected chi connectivity index (χ0v) is 15.4. The molecule has 0 aromatic heterocycles. The molecule has 2 fully saturated rings. The van der Waals surface area contributed by atoms with E-state index in [0.717, 1.165) is 5.56 Å². The van der Waals surface area contributed by atoms with E-state index in [9.17, 15) is 9.59 Å². The second kappa shape index (κ2) is 5.99. The molecular formula is C17H20Cl2N2O3. The Labute approximate surface area is 151 Å². The molecule has 7 heteroatoms. The highest BCUT2D eigenvalue weighted by molar-refractivity contribution is 6.50. The molecule has 24 heavy (non-hydrogen) atoms. The molecule has 2 heterocycles. The molecule has 1 N–H and O–H groups in total. The Hall–Kier alpha value is -1.14. The lowest BCUT2D eigenvalue weighted by molar-refractivity contribution is -0.157. The van der Waals surface area contributed by atoms with Crippen molar-refractivity contribution in [2.24, 2.45) is 0 Å². The van der Waals surface area contributed by atoms with Crippen LogP contribution in [-0.4, -0.2) is 42.5 Å². The lowest BCUT2D eigenvalue weighted by Crippen LogP contribution is -2.54. The van der Waals surface area contributed by atoms with Gasteiger partial charge in [0.2, 0.25) is 4.87 Å². The number of halogens is 2. The molecule has 0 radical (unpaired) electrons. The maximum absolute atomic E-state index is 13.3. The van der Waals surface area contributed by atoms with Crippen LogP contribution in [-0.2, 0) is 19.3 Å². The molecule has 1 unspecified atom stereocenters. The second-order valence-corrected chi connectivity index (χ2v) is 7.47. The number of hydrogen-bond donors (Lipinski definition) is 1.